The van der Waals surface area contributed by atoms with Gasteiger partial charge in [0, 0.05) is 32.7 Å². The van der Waals surface area contributed by atoms with Crippen molar-refractivity contribution >= 4 is 35.6 Å². The van der Waals surface area contributed by atoms with Crippen LogP contribution in [0.1, 0.15) is 17.5 Å². The van der Waals surface area contributed by atoms with Crippen molar-refractivity contribution < 1.29 is 17.9 Å². The van der Waals surface area contributed by atoms with Crippen LogP contribution in [0.15, 0.2) is 53.5 Å². The molecule has 0 amide bonds. The summed E-state index contributed by atoms with van der Waals surface area (Å²) < 4.78 is 44.0. The Balaban J connectivity index is 0.00000320. The van der Waals surface area contributed by atoms with Crippen LogP contribution in [0.25, 0.3) is 0 Å². The summed E-state index contributed by atoms with van der Waals surface area (Å²) in [6.07, 6.45) is -3.43. The quantitative estimate of drug-likeness (QED) is 0.342. The van der Waals surface area contributed by atoms with Crippen molar-refractivity contribution in [1.82, 2.24) is 10.6 Å². The van der Waals surface area contributed by atoms with E-state index in [9.17, 15) is 13.2 Å². The number of benzene rings is 2. The second-order valence-electron chi connectivity index (χ2n) is 6.87. The summed E-state index contributed by atoms with van der Waals surface area (Å²) >= 11 is 0. The molecule has 0 radical (unpaired) electrons. The van der Waals surface area contributed by atoms with Crippen LogP contribution in [-0.4, -0.2) is 39.2 Å². The topological polar surface area (TPSA) is 48.9 Å². The van der Waals surface area contributed by atoms with Crippen LogP contribution < -0.4 is 20.3 Å². The summed E-state index contributed by atoms with van der Waals surface area (Å²) in [6.45, 7) is 1.92. The first-order chi connectivity index (χ1) is 13.9. The zero-order valence-electron chi connectivity index (χ0n) is 16.9. The Hall–Kier alpha value is -2.17. The van der Waals surface area contributed by atoms with Crippen LogP contribution in [0.3, 0.4) is 0 Å². The molecule has 1 fully saturated rings. The molecule has 0 spiro atoms. The Morgan fingerprint density at radius 3 is 2.67 bits per heavy atom. The summed E-state index contributed by atoms with van der Waals surface area (Å²) in [5, 5.41) is 6.45. The zero-order chi connectivity index (χ0) is 20.9. The fourth-order valence-electron chi connectivity index (χ4n) is 3.42. The Morgan fingerprint density at radius 1 is 1.20 bits per heavy atom. The Kier molecular flexibility index (Phi) is 8.63. The van der Waals surface area contributed by atoms with Crippen molar-refractivity contribution in [2.45, 2.75) is 25.2 Å². The molecular weight excluding hydrogens is 508 g/mol. The normalized spacial score (nSPS) is 16.8. The van der Waals surface area contributed by atoms with Gasteiger partial charge >= 0.3 is 6.18 Å². The molecule has 2 aromatic carbocycles. The molecule has 1 saturated heterocycles. The summed E-state index contributed by atoms with van der Waals surface area (Å²) in [4.78, 5) is 6.44. The number of aliphatic imine (C=N–C) groups is 1. The number of rotatable bonds is 5. The molecule has 2 aromatic rings. The number of nitrogens with zero attached hydrogens (tertiary/aromatic N) is 2. The van der Waals surface area contributed by atoms with Gasteiger partial charge in [-0.3, -0.25) is 4.99 Å². The van der Waals surface area contributed by atoms with E-state index in [1.807, 2.05) is 24.3 Å². The Morgan fingerprint density at radius 2 is 1.97 bits per heavy atom. The van der Waals surface area contributed by atoms with E-state index in [1.54, 1.807) is 20.2 Å². The number of halogens is 4. The molecule has 0 bridgehead atoms. The predicted molar refractivity (Wildman–Crippen MR) is 124 cm³/mol. The van der Waals surface area contributed by atoms with E-state index < -0.39 is 11.7 Å². The fourth-order valence-corrected chi connectivity index (χ4v) is 3.42. The van der Waals surface area contributed by atoms with Gasteiger partial charge in [-0.25, -0.2) is 0 Å². The minimum absolute atomic E-state index is 0. The third kappa shape index (κ3) is 6.16. The van der Waals surface area contributed by atoms with Gasteiger partial charge in [0.15, 0.2) is 5.96 Å². The number of para-hydroxylation sites is 2. The molecule has 3 rings (SSSR count). The van der Waals surface area contributed by atoms with E-state index in [0.717, 1.165) is 43.1 Å². The van der Waals surface area contributed by atoms with Crippen LogP contribution >= 0.6 is 24.0 Å². The van der Waals surface area contributed by atoms with Crippen LogP contribution in [0.2, 0.25) is 0 Å². The lowest BCUT2D eigenvalue weighted by Crippen LogP contribution is -2.44. The van der Waals surface area contributed by atoms with Crippen molar-refractivity contribution in [3.8, 4) is 5.75 Å². The molecule has 0 aromatic heterocycles. The van der Waals surface area contributed by atoms with Crippen molar-refractivity contribution in [1.29, 1.82) is 0 Å². The number of guanidine groups is 1. The number of ether oxygens (including phenoxy) is 1. The molecule has 5 nitrogen and oxygen atoms in total. The SMILES string of the molecule is CN=C(NCc1cccc(C(F)(F)F)c1)NC1CCN(c2ccccc2OC)C1.I. The number of anilines is 1. The fraction of sp³-hybridized carbons (Fsp3) is 0.381. The van der Waals surface area contributed by atoms with Gasteiger partial charge in [0.05, 0.1) is 18.4 Å². The molecule has 2 N–H and O–H groups in total. The van der Waals surface area contributed by atoms with E-state index in [2.05, 4.69) is 20.5 Å². The smallest absolute Gasteiger partial charge is 0.416 e. The monoisotopic (exact) mass is 534 g/mol. The largest absolute Gasteiger partial charge is 0.495 e. The standard InChI is InChI=1S/C21H25F3N4O.HI/c1-25-20(26-13-15-6-5-7-16(12-15)21(22,23)24)27-17-10-11-28(14-17)18-8-3-4-9-19(18)29-2;/h3-9,12,17H,10-11,13-14H2,1-2H3,(H2,25,26,27);1H. The van der Waals surface area contributed by atoms with Crippen LogP contribution in [0.4, 0.5) is 18.9 Å². The van der Waals surface area contributed by atoms with Gasteiger partial charge in [0.2, 0.25) is 0 Å². The van der Waals surface area contributed by atoms with Crippen LogP contribution in [-0.2, 0) is 12.7 Å². The molecular formula is C21H26F3IN4O. The Labute approximate surface area is 191 Å². The number of methoxy groups -OCH3 is 1. The van der Waals surface area contributed by atoms with E-state index in [-0.39, 0.29) is 36.6 Å². The van der Waals surface area contributed by atoms with Gasteiger partial charge < -0.3 is 20.3 Å². The van der Waals surface area contributed by atoms with E-state index >= 15 is 0 Å². The molecule has 1 aliphatic heterocycles. The van der Waals surface area contributed by atoms with Crippen LogP contribution in [0.5, 0.6) is 5.75 Å². The van der Waals surface area contributed by atoms with Gasteiger partial charge in [-0.1, -0.05) is 24.3 Å². The molecule has 1 heterocycles. The highest BCUT2D eigenvalue weighted by Gasteiger charge is 2.30. The number of alkyl halides is 3. The Bertz CT molecular complexity index is 860. The van der Waals surface area contributed by atoms with Gasteiger partial charge in [-0.05, 0) is 36.2 Å². The first-order valence-corrected chi connectivity index (χ1v) is 9.42. The molecule has 0 saturated carbocycles. The average Bonchev–Trinajstić information content (AvgIpc) is 3.19. The second-order valence-corrected chi connectivity index (χ2v) is 6.87. The lowest BCUT2D eigenvalue weighted by atomic mass is 10.1. The second kappa shape index (κ2) is 10.7. The lowest BCUT2D eigenvalue weighted by Gasteiger charge is -2.22. The van der Waals surface area contributed by atoms with Crippen LogP contribution in [0, 0.1) is 0 Å². The first kappa shape index (κ1) is 24.1. The minimum atomic E-state index is -4.35. The summed E-state index contributed by atoms with van der Waals surface area (Å²) in [5.74, 6) is 1.40. The third-order valence-corrected chi connectivity index (χ3v) is 4.89. The molecule has 30 heavy (non-hydrogen) atoms. The van der Waals surface area contributed by atoms with Gasteiger partial charge in [-0.15, -0.1) is 24.0 Å². The summed E-state index contributed by atoms with van der Waals surface area (Å²) in [7, 11) is 3.30. The lowest BCUT2D eigenvalue weighted by molar-refractivity contribution is -0.137. The number of nitrogens with one attached hydrogen (secondary N) is 2. The molecule has 9 heteroatoms. The van der Waals surface area contributed by atoms with E-state index in [0.29, 0.717) is 11.5 Å². The molecule has 1 aliphatic rings. The van der Waals surface area contributed by atoms with Crippen molar-refractivity contribution in [2.24, 2.45) is 4.99 Å². The predicted octanol–water partition coefficient (Wildman–Crippen LogP) is 4.28. The highest BCUT2D eigenvalue weighted by molar-refractivity contribution is 14.0. The molecule has 1 unspecified atom stereocenters. The van der Waals surface area contributed by atoms with E-state index in [1.165, 1.54) is 6.07 Å². The van der Waals surface area contributed by atoms with Crippen molar-refractivity contribution in [2.75, 3.05) is 32.1 Å². The molecule has 1 atom stereocenters. The maximum atomic E-state index is 12.9. The molecule has 164 valence electrons. The van der Waals surface area contributed by atoms with Gasteiger partial charge in [0.1, 0.15) is 5.75 Å². The minimum Gasteiger partial charge on any atom is -0.495 e. The van der Waals surface area contributed by atoms with Crippen molar-refractivity contribution in [3.05, 3.63) is 59.7 Å². The van der Waals surface area contributed by atoms with Gasteiger partial charge in [-0.2, -0.15) is 13.2 Å². The van der Waals surface area contributed by atoms with Gasteiger partial charge in [0.25, 0.3) is 0 Å². The summed E-state index contributed by atoms with van der Waals surface area (Å²) in [6, 6.07) is 13.4. The number of hydrogen-bond donors (Lipinski definition) is 2. The highest BCUT2D eigenvalue weighted by atomic mass is 127. The van der Waals surface area contributed by atoms with E-state index in [4.69, 9.17) is 4.74 Å². The highest BCUT2D eigenvalue weighted by Crippen LogP contribution is 2.31. The first-order valence-electron chi connectivity index (χ1n) is 9.42. The molecule has 0 aliphatic carbocycles. The zero-order valence-corrected chi connectivity index (χ0v) is 19.2. The third-order valence-electron chi connectivity index (χ3n) is 4.89. The average molecular weight is 534 g/mol. The summed E-state index contributed by atoms with van der Waals surface area (Å²) in [5.41, 5.74) is 0.944. The maximum Gasteiger partial charge on any atom is 0.416 e. The van der Waals surface area contributed by atoms with Crippen molar-refractivity contribution in [3.63, 3.8) is 0 Å². The maximum absolute atomic E-state index is 12.9. The number of hydrogen-bond acceptors (Lipinski definition) is 3.